The lowest BCUT2D eigenvalue weighted by molar-refractivity contribution is 0.292. The maximum absolute atomic E-state index is 12.9. The SMILES string of the molecule is Cc1cc(C)c2cc(CN(C(=S)NC3CCCCC3)C3CCCC3)c(=O)[nH]c2c1. The third kappa shape index (κ3) is 4.66. The van der Waals surface area contributed by atoms with E-state index < -0.39 is 0 Å². The van der Waals surface area contributed by atoms with Crippen molar-refractivity contribution in [2.24, 2.45) is 0 Å². The fourth-order valence-electron chi connectivity index (χ4n) is 5.10. The van der Waals surface area contributed by atoms with Crippen LogP contribution in [-0.2, 0) is 6.54 Å². The highest BCUT2D eigenvalue weighted by Gasteiger charge is 2.27. The summed E-state index contributed by atoms with van der Waals surface area (Å²) in [6, 6.07) is 7.23. The predicted octanol–water partition coefficient (Wildman–Crippen LogP) is 5.10. The molecule has 0 bridgehead atoms. The lowest BCUT2D eigenvalue weighted by Gasteiger charge is -2.34. The maximum atomic E-state index is 12.9. The number of thiocarbonyl (C=S) groups is 1. The Morgan fingerprint density at radius 1 is 1.07 bits per heavy atom. The Morgan fingerprint density at radius 2 is 1.76 bits per heavy atom. The van der Waals surface area contributed by atoms with Gasteiger partial charge in [-0.1, -0.05) is 38.2 Å². The second-order valence-corrected chi connectivity index (χ2v) is 9.40. The van der Waals surface area contributed by atoms with Gasteiger partial charge in [0, 0.05) is 28.6 Å². The van der Waals surface area contributed by atoms with Crippen LogP contribution in [0.4, 0.5) is 0 Å². The molecule has 0 saturated heterocycles. The van der Waals surface area contributed by atoms with E-state index in [0.29, 0.717) is 18.6 Å². The van der Waals surface area contributed by atoms with Gasteiger partial charge in [0.15, 0.2) is 5.11 Å². The number of aromatic amines is 1. The molecule has 0 unspecified atom stereocenters. The van der Waals surface area contributed by atoms with E-state index in [1.165, 1.54) is 56.1 Å². The molecule has 2 aliphatic rings. The van der Waals surface area contributed by atoms with Gasteiger partial charge in [0.1, 0.15) is 0 Å². The molecule has 0 spiro atoms. The van der Waals surface area contributed by atoms with Crippen molar-refractivity contribution in [3.8, 4) is 0 Å². The van der Waals surface area contributed by atoms with Crippen LogP contribution in [0, 0.1) is 13.8 Å². The van der Waals surface area contributed by atoms with E-state index in [0.717, 1.165) is 34.4 Å². The molecule has 0 amide bonds. The first-order valence-electron chi connectivity index (χ1n) is 11.2. The maximum Gasteiger partial charge on any atom is 0.253 e. The molecule has 4 rings (SSSR count). The van der Waals surface area contributed by atoms with Crippen molar-refractivity contribution in [2.75, 3.05) is 0 Å². The highest BCUT2D eigenvalue weighted by atomic mass is 32.1. The lowest BCUT2D eigenvalue weighted by Crippen LogP contribution is -2.49. The zero-order chi connectivity index (χ0) is 20.4. The molecule has 0 atom stereocenters. The van der Waals surface area contributed by atoms with Gasteiger partial charge in [0.25, 0.3) is 5.56 Å². The molecule has 2 N–H and O–H groups in total. The summed E-state index contributed by atoms with van der Waals surface area (Å²) in [6.45, 7) is 4.76. The number of aryl methyl sites for hydroxylation is 2. The van der Waals surface area contributed by atoms with Crippen LogP contribution in [0.5, 0.6) is 0 Å². The number of nitrogens with zero attached hydrogens (tertiary/aromatic N) is 1. The Balaban J connectivity index is 1.60. The van der Waals surface area contributed by atoms with E-state index in [2.05, 4.69) is 47.2 Å². The molecule has 2 aliphatic carbocycles. The Labute approximate surface area is 179 Å². The monoisotopic (exact) mass is 411 g/mol. The Bertz CT molecular complexity index is 939. The number of fused-ring (bicyclic) bond motifs is 1. The van der Waals surface area contributed by atoms with Gasteiger partial charge in [-0.3, -0.25) is 4.79 Å². The fourth-order valence-corrected chi connectivity index (χ4v) is 5.48. The number of hydrogen-bond donors (Lipinski definition) is 2. The normalized spacial score (nSPS) is 18.3. The van der Waals surface area contributed by atoms with Gasteiger partial charge >= 0.3 is 0 Å². The highest BCUT2D eigenvalue weighted by molar-refractivity contribution is 7.80. The zero-order valence-corrected chi connectivity index (χ0v) is 18.5. The van der Waals surface area contributed by atoms with Gasteiger partial charge in [0.2, 0.25) is 0 Å². The molecule has 156 valence electrons. The summed E-state index contributed by atoms with van der Waals surface area (Å²) in [7, 11) is 0. The van der Waals surface area contributed by atoms with Crippen LogP contribution in [-0.4, -0.2) is 27.1 Å². The van der Waals surface area contributed by atoms with Crippen LogP contribution in [0.1, 0.15) is 74.5 Å². The average Bonchev–Trinajstić information content (AvgIpc) is 3.21. The quantitative estimate of drug-likeness (QED) is 0.688. The molecule has 2 fully saturated rings. The summed E-state index contributed by atoms with van der Waals surface area (Å²) >= 11 is 5.88. The van der Waals surface area contributed by atoms with Gasteiger partial charge in [-0.05, 0) is 75.0 Å². The van der Waals surface area contributed by atoms with E-state index in [1.54, 1.807) is 0 Å². The molecule has 4 nitrogen and oxygen atoms in total. The van der Waals surface area contributed by atoms with Gasteiger partial charge in [-0.2, -0.15) is 0 Å². The summed E-state index contributed by atoms with van der Waals surface area (Å²) in [6.07, 6.45) is 11.1. The van der Waals surface area contributed by atoms with E-state index in [4.69, 9.17) is 12.2 Å². The van der Waals surface area contributed by atoms with Gasteiger partial charge in [0.05, 0.1) is 6.54 Å². The molecular weight excluding hydrogens is 378 g/mol. The predicted molar refractivity (Wildman–Crippen MR) is 124 cm³/mol. The molecular formula is C24H33N3OS. The Morgan fingerprint density at radius 3 is 2.48 bits per heavy atom. The summed E-state index contributed by atoms with van der Waals surface area (Å²) in [5.41, 5.74) is 4.11. The van der Waals surface area contributed by atoms with Gasteiger partial charge < -0.3 is 15.2 Å². The molecule has 1 aromatic carbocycles. The molecule has 2 aromatic rings. The number of aromatic nitrogens is 1. The molecule has 1 aromatic heterocycles. The topological polar surface area (TPSA) is 48.1 Å². The van der Waals surface area contributed by atoms with Crippen LogP contribution >= 0.6 is 12.2 Å². The number of rotatable bonds is 4. The van der Waals surface area contributed by atoms with E-state index in [1.807, 2.05) is 0 Å². The smallest absolute Gasteiger partial charge is 0.253 e. The van der Waals surface area contributed by atoms with Crippen LogP contribution < -0.4 is 10.9 Å². The molecule has 5 heteroatoms. The number of nitrogens with one attached hydrogen (secondary N) is 2. The number of H-pyrrole nitrogens is 1. The minimum atomic E-state index is 0.00552. The number of benzene rings is 1. The second kappa shape index (κ2) is 8.86. The minimum absolute atomic E-state index is 0.00552. The van der Waals surface area contributed by atoms with E-state index in [9.17, 15) is 4.79 Å². The van der Waals surface area contributed by atoms with Crippen molar-refractivity contribution >= 4 is 28.2 Å². The summed E-state index contributed by atoms with van der Waals surface area (Å²) in [5.74, 6) is 0. The fraction of sp³-hybridized carbons (Fsp3) is 0.583. The van der Waals surface area contributed by atoms with Crippen molar-refractivity contribution in [2.45, 2.75) is 90.3 Å². The second-order valence-electron chi connectivity index (χ2n) is 9.02. The van der Waals surface area contributed by atoms with Crippen LogP contribution in [0.2, 0.25) is 0 Å². The van der Waals surface area contributed by atoms with Gasteiger partial charge in [-0.25, -0.2) is 0 Å². The zero-order valence-electron chi connectivity index (χ0n) is 17.7. The Kier molecular flexibility index (Phi) is 6.23. The number of pyridine rings is 1. The van der Waals surface area contributed by atoms with E-state index in [-0.39, 0.29) is 5.56 Å². The summed E-state index contributed by atoms with van der Waals surface area (Å²) < 4.78 is 0. The standard InChI is InChI=1S/C24H33N3OS/c1-16-12-17(2)21-14-18(23(28)26-22(21)13-16)15-27(20-10-6-7-11-20)24(29)25-19-8-4-3-5-9-19/h12-14,19-20H,3-11,15H2,1-2H3,(H,25,29)(H,26,28). The summed E-state index contributed by atoms with van der Waals surface area (Å²) in [5, 5.41) is 5.60. The average molecular weight is 412 g/mol. The Hall–Kier alpha value is -1.88. The summed E-state index contributed by atoms with van der Waals surface area (Å²) in [4.78, 5) is 18.3. The van der Waals surface area contributed by atoms with Crippen LogP contribution in [0.3, 0.4) is 0 Å². The molecule has 29 heavy (non-hydrogen) atoms. The largest absolute Gasteiger partial charge is 0.360 e. The molecule has 0 aliphatic heterocycles. The molecule has 2 saturated carbocycles. The van der Waals surface area contributed by atoms with Crippen molar-refractivity contribution in [1.82, 2.24) is 15.2 Å². The first-order valence-corrected chi connectivity index (χ1v) is 11.6. The third-order valence-corrected chi connectivity index (χ3v) is 7.04. The number of hydrogen-bond acceptors (Lipinski definition) is 2. The highest BCUT2D eigenvalue weighted by Crippen LogP contribution is 2.26. The van der Waals surface area contributed by atoms with Crippen molar-refractivity contribution in [3.05, 3.63) is 45.2 Å². The van der Waals surface area contributed by atoms with E-state index >= 15 is 0 Å². The third-order valence-electron chi connectivity index (χ3n) is 6.69. The minimum Gasteiger partial charge on any atom is -0.360 e. The van der Waals surface area contributed by atoms with Crippen LogP contribution in [0.15, 0.2) is 23.0 Å². The first-order chi connectivity index (χ1) is 14.0. The van der Waals surface area contributed by atoms with Crippen molar-refractivity contribution < 1.29 is 0 Å². The first kappa shape index (κ1) is 20.4. The van der Waals surface area contributed by atoms with Crippen molar-refractivity contribution in [3.63, 3.8) is 0 Å². The van der Waals surface area contributed by atoms with Crippen molar-refractivity contribution in [1.29, 1.82) is 0 Å². The van der Waals surface area contributed by atoms with Crippen LogP contribution in [0.25, 0.3) is 10.9 Å². The molecule has 0 radical (unpaired) electrons. The lowest BCUT2D eigenvalue weighted by atomic mass is 9.96. The van der Waals surface area contributed by atoms with Gasteiger partial charge in [-0.15, -0.1) is 0 Å². The molecule has 1 heterocycles.